The molecule has 2 aromatic carbocycles. The first-order valence-electron chi connectivity index (χ1n) is 7.89. The smallest absolute Gasteiger partial charge is 0.236 e. The number of hydrogen-bond acceptors (Lipinski definition) is 1. The molecule has 110 valence electrons. The van der Waals surface area contributed by atoms with E-state index in [-0.39, 0.29) is 0 Å². The van der Waals surface area contributed by atoms with Crippen LogP contribution in [-0.2, 0) is 0 Å². The number of benzene rings is 2. The van der Waals surface area contributed by atoms with E-state index in [4.69, 9.17) is 4.42 Å². The van der Waals surface area contributed by atoms with Gasteiger partial charge in [-0.15, -0.1) is 0 Å². The van der Waals surface area contributed by atoms with Gasteiger partial charge in [0.05, 0.1) is 7.05 Å². The molecular formula is C19H20N2O+2. The van der Waals surface area contributed by atoms with Crippen molar-refractivity contribution in [2.45, 2.75) is 20.0 Å². The third-order valence-electron chi connectivity index (χ3n) is 5.87. The van der Waals surface area contributed by atoms with Gasteiger partial charge < -0.3 is 4.42 Å². The van der Waals surface area contributed by atoms with Crippen molar-refractivity contribution >= 4 is 27.6 Å². The Morgan fingerprint density at radius 2 is 1.86 bits per heavy atom. The maximum Gasteiger partial charge on any atom is 0.236 e. The van der Waals surface area contributed by atoms with Crippen LogP contribution in [0.3, 0.4) is 0 Å². The average molecular weight is 292 g/mol. The molecule has 4 heterocycles. The third-order valence-corrected chi connectivity index (χ3v) is 5.87. The molecule has 2 bridgehead atoms. The van der Waals surface area contributed by atoms with Crippen molar-refractivity contribution in [3.05, 3.63) is 54.4 Å². The van der Waals surface area contributed by atoms with E-state index in [1.54, 1.807) is 0 Å². The summed E-state index contributed by atoms with van der Waals surface area (Å²) in [6.45, 7) is 5.64. The summed E-state index contributed by atoms with van der Waals surface area (Å²) in [5.41, 5.74) is 4.70. The van der Waals surface area contributed by atoms with Crippen molar-refractivity contribution in [2.24, 2.45) is 0 Å². The van der Waals surface area contributed by atoms with Gasteiger partial charge in [-0.3, -0.25) is 0 Å². The molecule has 0 spiro atoms. The maximum absolute atomic E-state index is 6.29. The zero-order valence-corrected chi connectivity index (χ0v) is 13.2. The molecule has 0 aliphatic carbocycles. The second-order valence-corrected chi connectivity index (χ2v) is 7.05. The predicted octanol–water partition coefficient (Wildman–Crippen LogP) is 4.45. The normalized spacial score (nSPS) is 32.8. The SMILES string of the molecule is Cc1ccc2c(oc3ccccc32)c1[N+]12C=C[N+](C)(C1)[C@@H]2C. The minimum absolute atomic E-state index is 0.525. The largest absolute Gasteiger partial charge is 0.450 e. The number of aryl methyl sites for hydroxylation is 1. The Hall–Kier alpha value is -2.10. The molecule has 3 nitrogen and oxygen atoms in total. The first kappa shape index (κ1) is 12.4. The Morgan fingerprint density at radius 1 is 1.05 bits per heavy atom. The predicted molar refractivity (Wildman–Crippen MR) is 89.9 cm³/mol. The molecule has 3 atom stereocenters. The van der Waals surface area contributed by atoms with E-state index in [1.807, 2.05) is 6.07 Å². The van der Waals surface area contributed by atoms with Gasteiger partial charge in [0.15, 0.2) is 23.7 Å². The Morgan fingerprint density at radius 3 is 2.59 bits per heavy atom. The molecule has 0 radical (unpaired) electrons. The van der Waals surface area contributed by atoms with Crippen molar-refractivity contribution < 1.29 is 8.90 Å². The highest BCUT2D eigenvalue weighted by Crippen LogP contribution is 2.51. The Kier molecular flexibility index (Phi) is 2.05. The molecule has 6 rings (SSSR count). The Labute approximate surface area is 129 Å². The quantitative estimate of drug-likeness (QED) is 0.604. The van der Waals surface area contributed by atoms with E-state index in [1.165, 1.54) is 22.0 Å². The molecule has 0 N–H and O–H groups in total. The van der Waals surface area contributed by atoms with Crippen molar-refractivity contribution in [1.29, 1.82) is 0 Å². The number of furan rings is 1. The van der Waals surface area contributed by atoms with Gasteiger partial charge in [0, 0.05) is 23.3 Å². The van der Waals surface area contributed by atoms with Gasteiger partial charge in [-0.1, -0.05) is 24.3 Å². The van der Waals surface area contributed by atoms with Crippen LogP contribution in [0, 0.1) is 6.92 Å². The molecule has 1 fully saturated rings. The van der Waals surface area contributed by atoms with Gasteiger partial charge in [-0.2, -0.15) is 8.97 Å². The molecule has 2 unspecified atom stereocenters. The van der Waals surface area contributed by atoms with Gasteiger partial charge in [0.25, 0.3) is 0 Å². The standard InChI is InChI=1S/C19H20N2O/c1-13-8-9-16-15-6-4-5-7-17(15)22-19(16)18(13)21-11-10-20(3,12-21)14(21)2/h4-11,14H,12H2,1-3H3/q+2/t14-,20?,21?/m0/s1. The summed E-state index contributed by atoms with van der Waals surface area (Å²) in [5, 5.41) is 2.45. The first-order valence-corrected chi connectivity index (χ1v) is 7.89. The molecule has 22 heavy (non-hydrogen) atoms. The highest BCUT2D eigenvalue weighted by molar-refractivity contribution is 6.09. The second-order valence-electron chi connectivity index (χ2n) is 7.05. The van der Waals surface area contributed by atoms with Crippen molar-refractivity contribution in [3.63, 3.8) is 0 Å². The highest BCUT2D eigenvalue weighted by Gasteiger charge is 2.67. The average Bonchev–Trinajstić information content (AvgIpc) is 3.13. The first-order chi connectivity index (χ1) is 10.6. The zero-order chi connectivity index (χ0) is 15.1. The summed E-state index contributed by atoms with van der Waals surface area (Å²) in [6, 6.07) is 12.8. The summed E-state index contributed by atoms with van der Waals surface area (Å²) in [4.78, 5) is 0. The third kappa shape index (κ3) is 1.21. The van der Waals surface area contributed by atoms with E-state index in [0.717, 1.165) is 26.8 Å². The summed E-state index contributed by atoms with van der Waals surface area (Å²) >= 11 is 0. The van der Waals surface area contributed by atoms with Gasteiger partial charge in [0.1, 0.15) is 5.58 Å². The van der Waals surface area contributed by atoms with Crippen LogP contribution >= 0.6 is 0 Å². The molecule has 1 saturated heterocycles. The lowest BCUT2D eigenvalue weighted by molar-refractivity contribution is -0.941. The van der Waals surface area contributed by atoms with Crippen molar-refractivity contribution in [2.75, 3.05) is 13.7 Å². The molecular weight excluding hydrogens is 272 g/mol. The van der Waals surface area contributed by atoms with Crippen LogP contribution in [-0.4, -0.2) is 24.4 Å². The summed E-state index contributed by atoms with van der Waals surface area (Å²) < 4.78 is 8.23. The lowest BCUT2D eigenvalue weighted by Gasteiger charge is -2.50. The van der Waals surface area contributed by atoms with Gasteiger partial charge in [0.2, 0.25) is 12.8 Å². The van der Waals surface area contributed by atoms with Crippen LogP contribution in [0.2, 0.25) is 0 Å². The monoisotopic (exact) mass is 292 g/mol. The number of quaternary nitrogens is 2. The van der Waals surface area contributed by atoms with E-state index in [2.05, 4.69) is 63.6 Å². The lowest BCUT2D eigenvalue weighted by Crippen LogP contribution is -2.76. The molecule has 0 amide bonds. The van der Waals surface area contributed by atoms with Crippen LogP contribution in [0.5, 0.6) is 0 Å². The van der Waals surface area contributed by atoms with E-state index in [9.17, 15) is 0 Å². The molecule has 0 saturated carbocycles. The number of hydrogen-bond donors (Lipinski definition) is 0. The van der Waals surface area contributed by atoms with Gasteiger partial charge in [-0.05, 0) is 19.1 Å². The van der Waals surface area contributed by atoms with Crippen LogP contribution < -0.4 is 4.48 Å². The second kappa shape index (κ2) is 3.62. The number of nitrogens with zero attached hydrogens (tertiary/aromatic N) is 2. The van der Waals surface area contributed by atoms with E-state index < -0.39 is 0 Å². The summed E-state index contributed by atoms with van der Waals surface area (Å²) in [5.74, 6) is 0. The van der Waals surface area contributed by atoms with Crippen LogP contribution in [0.4, 0.5) is 5.69 Å². The van der Waals surface area contributed by atoms with E-state index in [0.29, 0.717) is 6.17 Å². The zero-order valence-electron chi connectivity index (χ0n) is 13.2. The van der Waals surface area contributed by atoms with Crippen molar-refractivity contribution in [1.82, 2.24) is 4.48 Å². The fourth-order valence-corrected chi connectivity index (χ4v) is 4.45. The molecule has 3 aliphatic heterocycles. The summed E-state index contributed by atoms with van der Waals surface area (Å²) in [6.07, 6.45) is 5.23. The Balaban J connectivity index is 1.88. The van der Waals surface area contributed by atoms with Crippen LogP contribution in [0.15, 0.2) is 53.2 Å². The van der Waals surface area contributed by atoms with Crippen LogP contribution in [0.25, 0.3) is 21.9 Å². The number of para-hydroxylation sites is 1. The Bertz CT molecular complexity index is 970. The highest BCUT2D eigenvalue weighted by atomic mass is 16.3. The molecule has 3 heteroatoms. The van der Waals surface area contributed by atoms with Crippen molar-refractivity contribution in [3.8, 4) is 0 Å². The van der Waals surface area contributed by atoms with Gasteiger partial charge in [-0.25, -0.2) is 0 Å². The number of fused-ring (bicyclic) bond motifs is 3. The van der Waals surface area contributed by atoms with E-state index >= 15 is 0 Å². The molecule has 3 aromatic rings. The van der Waals surface area contributed by atoms with Gasteiger partial charge >= 0.3 is 0 Å². The minimum Gasteiger partial charge on any atom is -0.450 e. The fourth-order valence-electron chi connectivity index (χ4n) is 4.45. The lowest BCUT2D eigenvalue weighted by atomic mass is 10.0. The number of rotatable bonds is 1. The van der Waals surface area contributed by atoms with Crippen LogP contribution in [0.1, 0.15) is 12.5 Å². The maximum atomic E-state index is 6.29. The molecule has 3 aliphatic rings. The topological polar surface area (TPSA) is 13.1 Å². The fraction of sp³-hybridized carbons (Fsp3) is 0.263. The summed E-state index contributed by atoms with van der Waals surface area (Å²) in [7, 11) is 2.30. The minimum atomic E-state index is 0.525. The molecule has 1 aromatic heterocycles.